The molecule has 0 amide bonds. The number of methoxy groups -OCH3 is 1. The van der Waals surface area contributed by atoms with Crippen LogP contribution < -0.4 is 5.73 Å². The summed E-state index contributed by atoms with van der Waals surface area (Å²) in [7, 11) is 1.23. The van der Waals surface area contributed by atoms with Crippen molar-refractivity contribution >= 4 is 27.6 Å². The second-order valence-electron chi connectivity index (χ2n) is 2.35. The summed E-state index contributed by atoms with van der Waals surface area (Å²) < 4.78 is 4.92. The highest BCUT2D eigenvalue weighted by Crippen LogP contribution is 2.31. The molecule has 0 bridgehead atoms. The number of carbonyl (C=O) groups is 1. The molecule has 0 heterocycles. The van der Waals surface area contributed by atoms with Gasteiger partial charge in [-0.2, -0.15) is 0 Å². The first-order valence-corrected chi connectivity index (χ1v) is 4.22. The first-order chi connectivity index (χ1) is 6.07. The topological polar surface area (TPSA) is 72.5 Å². The maximum Gasteiger partial charge on any atom is 0.342 e. The Labute approximate surface area is 83.4 Å². The minimum Gasteiger partial charge on any atom is -0.505 e. The summed E-state index contributed by atoms with van der Waals surface area (Å²) in [6, 6.07) is 3.06. The fraction of sp³-hybridized carbons (Fsp3) is 0.125. The number of benzene rings is 1. The third-order valence-corrected chi connectivity index (χ3v) is 2.21. The molecule has 0 saturated carbocycles. The summed E-state index contributed by atoms with van der Waals surface area (Å²) in [6.07, 6.45) is 0. The summed E-state index contributed by atoms with van der Waals surface area (Å²) >= 11 is 3.11. The van der Waals surface area contributed by atoms with Crippen LogP contribution >= 0.6 is 15.9 Å². The van der Waals surface area contributed by atoms with Crippen molar-refractivity contribution in [2.45, 2.75) is 0 Å². The van der Waals surface area contributed by atoms with Crippen molar-refractivity contribution in [2.24, 2.45) is 0 Å². The fourth-order valence-corrected chi connectivity index (χ4v) is 1.36. The Kier molecular flexibility index (Phi) is 2.77. The van der Waals surface area contributed by atoms with Gasteiger partial charge in [-0.3, -0.25) is 0 Å². The molecule has 0 unspecified atom stereocenters. The van der Waals surface area contributed by atoms with E-state index < -0.39 is 5.97 Å². The highest BCUT2D eigenvalue weighted by Gasteiger charge is 2.17. The van der Waals surface area contributed by atoms with E-state index >= 15 is 0 Å². The Morgan fingerprint density at radius 1 is 1.62 bits per heavy atom. The molecule has 0 aliphatic rings. The van der Waals surface area contributed by atoms with E-state index in [0.29, 0.717) is 4.47 Å². The molecule has 1 aromatic rings. The van der Waals surface area contributed by atoms with E-state index in [2.05, 4.69) is 20.7 Å². The van der Waals surface area contributed by atoms with Gasteiger partial charge in [-0.1, -0.05) is 0 Å². The number of phenols is 1. The number of halogens is 1. The van der Waals surface area contributed by atoms with Gasteiger partial charge in [0.2, 0.25) is 0 Å². The molecule has 0 saturated heterocycles. The van der Waals surface area contributed by atoms with E-state index in [9.17, 15) is 9.90 Å². The quantitative estimate of drug-likeness (QED) is 0.447. The number of nitrogens with two attached hydrogens (primary N) is 1. The number of hydrogen-bond donors (Lipinski definition) is 2. The van der Waals surface area contributed by atoms with Crippen molar-refractivity contribution in [1.82, 2.24) is 0 Å². The second-order valence-corrected chi connectivity index (χ2v) is 3.21. The molecular weight excluding hydrogens is 238 g/mol. The van der Waals surface area contributed by atoms with Gasteiger partial charge in [-0.15, -0.1) is 0 Å². The van der Waals surface area contributed by atoms with Crippen molar-refractivity contribution < 1.29 is 14.6 Å². The Bertz CT molecular complexity index is 351. The molecule has 13 heavy (non-hydrogen) atoms. The first-order valence-electron chi connectivity index (χ1n) is 3.43. The standard InChI is InChI=1S/C8H8BrNO3/c1-13-8(12)6-4(9)2-3-5(10)7(6)11/h2-3,11H,10H2,1H3. The zero-order valence-electron chi connectivity index (χ0n) is 6.87. The van der Waals surface area contributed by atoms with Crippen molar-refractivity contribution in [3.8, 4) is 5.75 Å². The van der Waals surface area contributed by atoms with E-state index in [1.54, 1.807) is 6.07 Å². The van der Waals surface area contributed by atoms with E-state index in [1.807, 2.05) is 0 Å². The number of esters is 1. The molecule has 4 nitrogen and oxygen atoms in total. The van der Waals surface area contributed by atoms with Crippen LogP contribution in [-0.4, -0.2) is 18.2 Å². The lowest BCUT2D eigenvalue weighted by Crippen LogP contribution is -2.04. The molecule has 0 spiro atoms. The summed E-state index contributed by atoms with van der Waals surface area (Å²) in [6.45, 7) is 0. The van der Waals surface area contributed by atoms with Gasteiger partial charge >= 0.3 is 5.97 Å². The molecule has 1 rings (SSSR count). The van der Waals surface area contributed by atoms with Crippen LogP contribution in [0.4, 0.5) is 5.69 Å². The maximum absolute atomic E-state index is 11.1. The van der Waals surface area contributed by atoms with Crippen LogP contribution in [-0.2, 0) is 4.74 Å². The maximum atomic E-state index is 11.1. The third-order valence-electron chi connectivity index (χ3n) is 1.55. The van der Waals surface area contributed by atoms with E-state index in [-0.39, 0.29) is 17.0 Å². The SMILES string of the molecule is COC(=O)c1c(Br)ccc(N)c1O. The predicted octanol–water partition coefficient (Wildman–Crippen LogP) is 1.52. The lowest BCUT2D eigenvalue weighted by atomic mass is 10.2. The zero-order valence-corrected chi connectivity index (χ0v) is 8.46. The average molecular weight is 246 g/mol. The number of anilines is 1. The van der Waals surface area contributed by atoms with Crippen molar-refractivity contribution in [1.29, 1.82) is 0 Å². The molecule has 3 N–H and O–H groups in total. The lowest BCUT2D eigenvalue weighted by molar-refractivity contribution is 0.0596. The first kappa shape index (κ1) is 9.85. The molecule has 0 fully saturated rings. The van der Waals surface area contributed by atoms with E-state index in [1.165, 1.54) is 13.2 Å². The number of rotatable bonds is 1. The highest BCUT2D eigenvalue weighted by atomic mass is 79.9. The third kappa shape index (κ3) is 1.75. The molecule has 0 aliphatic carbocycles. The number of phenolic OH excluding ortho intramolecular Hbond substituents is 1. The van der Waals surface area contributed by atoms with Crippen LogP contribution in [0.3, 0.4) is 0 Å². The van der Waals surface area contributed by atoms with Gasteiger partial charge in [0.1, 0.15) is 5.56 Å². The fourth-order valence-electron chi connectivity index (χ4n) is 0.879. The van der Waals surface area contributed by atoms with Crippen LogP contribution in [0.1, 0.15) is 10.4 Å². The Hall–Kier alpha value is -1.23. The molecular formula is C8H8BrNO3. The van der Waals surface area contributed by atoms with Crippen LogP contribution in [0.15, 0.2) is 16.6 Å². The number of ether oxygens (including phenoxy) is 1. The monoisotopic (exact) mass is 245 g/mol. The minimum absolute atomic E-state index is 0.0440. The van der Waals surface area contributed by atoms with Gasteiger partial charge in [0.25, 0.3) is 0 Å². The summed E-state index contributed by atoms with van der Waals surface area (Å²) in [5, 5.41) is 9.42. The number of aromatic hydroxyl groups is 1. The van der Waals surface area contributed by atoms with Crippen LogP contribution in [0, 0.1) is 0 Å². The molecule has 1 aromatic carbocycles. The van der Waals surface area contributed by atoms with E-state index in [4.69, 9.17) is 5.73 Å². The van der Waals surface area contributed by atoms with E-state index in [0.717, 1.165) is 0 Å². The number of hydrogen-bond acceptors (Lipinski definition) is 4. The normalized spacial score (nSPS) is 9.69. The number of nitrogen functional groups attached to an aromatic ring is 1. The highest BCUT2D eigenvalue weighted by molar-refractivity contribution is 9.10. The van der Waals surface area contributed by atoms with Crippen molar-refractivity contribution in [3.05, 3.63) is 22.2 Å². The van der Waals surface area contributed by atoms with Crippen LogP contribution in [0.2, 0.25) is 0 Å². The number of carbonyl (C=O) groups excluding carboxylic acids is 1. The summed E-state index contributed by atoms with van der Waals surface area (Å²) in [5.74, 6) is -0.891. The van der Waals surface area contributed by atoms with Crippen molar-refractivity contribution in [3.63, 3.8) is 0 Å². The van der Waals surface area contributed by atoms with Crippen molar-refractivity contribution in [2.75, 3.05) is 12.8 Å². The van der Waals surface area contributed by atoms with Gasteiger partial charge in [-0.25, -0.2) is 4.79 Å². The zero-order chi connectivity index (χ0) is 10.0. The predicted molar refractivity (Wildman–Crippen MR) is 51.6 cm³/mol. The van der Waals surface area contributed by atoms with Gasteiger partial charge < -0.3 is 15.6 Å². The van der Waals surface area contributed by atoms with Gasteiger partial charge in [0.05, 0.1) is 12.8 Å². The average Bonchev–Trinajstić information content (AvgIpc) is 2.12. The van der Waals surface area contributed by atoms with Crippen LogP contribution in [0.25, 0.3) is 0 Å². The molecule has 0 atom stereocenters. The lowest BCUT2D eigenvalue weighted by Gasteiger charge is -2.06. The minimum atomic E-state index is -0.628. The van der Waals surface area contributed by atoms with Gasteiger partial charge in [0, 0.05) is 4.47 Å². The Morgan fingerprint density at radius 3 is 2.77 bits per heavy atom. The van der Waals surface area contributed by atoms with Crippen LogP contribution in [0.5, 0.6) is 5.75 Å². The summed E-state index contributed by atoms with van der Waals surface area (Å²) in [5.41, 5.74) is 5.59. The van der Waals surface area contributed by atoms with Gasteiger partial charge in [-0.05, 0) is 28.1 Å². The molecule has 5 heteroatoms. The summed E-state index contributed by atoms with van der Waals surface area (Å²) in [4.78, 5) is 11.1. The van der Waals surface area contributed by atoms with Gasteiger partial charge in [0.15, 0.2) is 5.75 Å². The molecule has 0 aliphatic heterocycles. The molecule has 0 radical (unpaired) electrons. The molecule has 0 aromatic heterocycles. The Morgan fingerprint density at radius 2 is 2.23 bits per heavy atom. The second kappa shape index (κ2) is 3.66. The smallest absolute Gasteiger partial charge is 0.342 e. The molecule has 70 valence electrons. The largest absolute Gasteiger partial charge is 0.505 e. The Balaban J connectivity index is 3.33.